The second-order valence-electron chi connectivity index (χ2n) is 5.75. The standard InChI is InChI=1S/C15H19Cl2N/c1-9(13-7-6-12(16)8-14(13)17)18-15(10-2-3-10)11-4-5-11/h6-11,15,18H,2-5H2,1H3. The molecule has 0 saturated heterocycles. The maximum Gasteiger partial charge on any atom is 0.0468 e. The molecule has 0 amide bonds. The van der Waals surface area contributed by atoms with E-state index in [9.17, 15) is 0 Å². The fourth-order valence-corrected chi connectivity index (χ4v) is 3.37. The largest absolute Gasteiger partial charge is 0.307 e. The van der Waals surface area contributed by atoms with E-state index in [1.807, 2.05) is 18.2 Å². The van der Waals surface area contributed by atoms with Crippen LogP contribution in [-0.2, 0) is 0 Å². The Labute approximate surface area is 119 Å². The third-order valence-electron chi connectivity index (χ3n) is 4.13. The van der Waals surface area contributed by atoms with E-state index >= 15 is 0 Å². The van der Waals surface area contributed by atoms with Crippen molar-refractivity contribution in [3.8, 4) is 0 Å². The zero-order valence-electron chi connectivity index (χ0n) is 10.6. The average molecular weight is 284 g/mol. The Morgan fingerprint density at radius 2 is 1.72 bits per heavy atom. The van der Waals surface area contributed by atoms with E-state index in [-0.39, 0.29) is 0 Å². The van der Waals surface area contributed by atoms with Crippen LogP contribution in [0.2, 0.25) is 10.0 Å². The zero-order chi connectivity index (χ0) is 12.7. The molecule has 0 spiro atoms. The van der Waals surface area contributed by atoms with Gasteiger partial charge in [0.1, 0.15) is 0 Å². The molecule has 0 bridgehead atoms. The summed E-state index contributed by atoms with van der Waals surface area (Å²) in [6.45, 7) is 2.20. The summed E-state index contributed by atoms with van der Waals surface area (Å²) in [5.41, 5.74) is 1.16. The lowest BCUT2D eigenvalue weighted by Crippen LogP contribution is -2.35. The molecule has 2 aliphatic rings. The first-order valence-electron chi connectivity index (χ1n) is 6.86. The number of hydrogen-bond acceptors (Lipinski definition) is 1. The molecular weight excluding hydrogens is 265 g/mol. The third kappa shape index (κ3) is 2.84. The summed E-state index contributed by atoms with van der Waals surface area (Å²) < 4.78 is 0. The van der Waals surface area contributed by atoms with Crippen LogP contribution in [0.3, 0.4) is 0 Å². The Morgan fingerprint density at radius 3 is 2.22 bits per heavy atom. The molecule has 1 nitrogen and oxygen atoms in total. The van der Waals surface area contributed by atoms with Crippen molar-refractivity contribution < 1.29 is 0 Å². The van der Waals surface area contributed by atoms with Crippen LogP contribution in [0.25, 0.3) is 0 Å². The summed E-state index contributed by atoms with van der Waals surface area (Å²) in [5, 5.41) is 5.27. The summed E-state index contributed by atoms with van der Waals surface area (Å²) in [7, 11) is 0. The molecule has 1 aromatic rings. The fraction of sp³-hybridized carbons (Fsp3) is 0.600. The lowest BCUT2D eigenvalue weighted by atomic mass is 10.0. The van der Waals surface area contributed by atoms with Crippen LogP contribution in [0.5, 0.6) is 0 Å². The number of nitrogens with one attached hydrogen (secondary N) is 1. The van der Waals surface area contributed by atoms with Crippen molar-refractivity contribution in [3.63, 3.8) is 0 Å². The Morgan fingerprint density at radius 1 is 1.11 bits per heavy atom. The molecular formula is C15H19Cl2N. The molecule has 1 aromatic carbocycles. The summed E-state index contributed by atoms with van der Waals surface area (Å²) in [4.78, 5) is 0. The highest BCUT2D eigenvalue weighted by Gasteiger charge is 2.41. The van der Waals surface area contributed by atoms with Gasteiger partial charge in [-0.3, -0.25) is 0 Å². The molecule has 18 heavy (non-hydrogen) atoms. The van der Waals surface area contributed by atoms with Gasteiger partial charge in [0.2, 0.25) is 0 Å². The van der Waals surface area contributed by atoms with Gasteiger partial charge in [-0.05, 0) is 62.1 Å². The van der Waals surface area contributed by atoms with Gasteiger partial charge in [0.25, 0.3) is 0 Å². The van der Waals surface area contributed by atoms with Gasteiger partial charge in [-0.25, -0.2) is 0 Å². The fourth-order valence-electron chi connectivity index (χ4n) is 2.80. The highest BCUT2D eigenvalue weighted by Crippen LogP contribution is 2.45. The first-order valence-corrected chi connectivity index (χ1v) is 7.61. The van der Waals surface area contributed by atoms with Gasteiger partial charge in [0.05, 0.1) is 0 Å². The van der Waals surface area contributed by atoms with Crippen molar-refractivity contribution in [2.24, 2.45) is 11.8 Å². The second-order valence-corrected chi connectivity index (χ2v) is 6.60. The number of halogens is 2. The van der Waals surface area contributed by atoms with E-state index in [0.717, 1.165) is 22.4 Å². The van der Waals surface area contributed by atoms with Gasteiger partial charge in [-0.2, -0.15) is 0 Å². The van der Waals surface area contributed by atoms with Crippen molar-refractivity contribution >= 4 is 23.2 Å². The minimum Gasteiger partial charge on any atom is -0.307 e. The Balaban J connectivity index is 1.70. The first-order chi connectivity index (χ1) is 8.65. The molecule has 0 radical (unpaired) electrons. The van der Waals surface area contributed by atoms with E-state index in [0.29, 0.717) is 17.1 Å². The predicted octanol–water partition coefficient (Wildman–Crippen LogP) is 4.83. The smallest absolute Gasteiger partial charge is 0.0468 e. The molecule has 3 heteroatoms. The van der Waals surface area contributed by atoms with Crippen LogP contribution in [0.4, 0.5) is 0 Å². The first kappa shape index (κ1) is 12.8. The maximum absolute atomic E-state index is 6.27. The monoisotopic (exact) mass is 283 g/mol. The van der Waals surface area contributed by atoms with Crippen LogP contribution in [0.1, 0.15) is 44.2 Å². The molecule has 2 aliphatic carbocycles. The number of benzene rings is 1. The molecule has 2 fully saturated rings. The van der Waals surface area contributed by atoms with E-state index < -0.39 is 0 Å². The van der Waals surface area contributed by atoms with E-state index in [4.69, 9.17) is 23.2 Å². The topological polar surface area (TPSA) is 12.0 Å². The number of hydrogen-bond donors (Lipinski definition) is 1. The van der Waals surface area contributed by atoms with Crippen LogP contribution < -0.4 is 5.32 Å². The Hall–Kier alpha value is -0.240. The SMILES string of the molecule is CC(NC(C1CC1)C1CC1)c1ccc(Cl)cc1Cl. The molecule has 0 aromatic heterocycles. The van der Waals surface area contributed by atoms with Crippen molar-refractivity contribution in [1.82, 2.24) is 5.32 Å². The van der Waals surface area contributed by atoms with Crippen molar-refractivity contribution in [1.29, 1.82) is 0 Å². The van der Waals surface area contributed by atoms with Gasteiger partial charge < -0.3 is 5.32 Å². The quantitative estimate of drug-likeness (QED) is 0.816. The molecule has 2 saturated carbocycles. The summed E-state index contributed by atoms with van der Waals surface area (Å²) >= 11 is 12.2. The van der Waals surface area contributed by atoms with E-state index in [2.05, 4.69) is 12.2 Å². The van der Waals surface area contributed by atoms with Gasteiger partial charge in [0.15, 0.2) is 0 Å². The van der Waals surface area contributed by atoms with Crippen molar-refractivity contribution in [2.75, 3.05) is 0 Å². The van der Waals surface area contributed by atoms with Crippen LogP contribution in [0.15, 0.2) is 18.2 Å². The minimum absolute atomic E-state index is 0.306. The molecule has 0 heterocycles. The predicted molar refractivity (Wildman–Crippen MR) is 77.2 cm³/mol. The van der Waals surface area contributed by atoms with Gasteiger partial charge in [-0.1, -0.05) is 29.3 Å². The summed E-state index contributed by atoms with van der Waals surface area (Å²) in [5.74, 6) is 1.82. The summed E-state index contributed by atoms with van der Waals surface area (Å²) in [6.07, 6.45) is 5.59. The Kier molecular flexibility index (Phi) is 3.57. The highest BCUT2D eigenvalue weighted by atomic mass is 35.5. The molecule has 1 unspecified atom stereocenters. The Bertz CT molecular complexity index is 426. The minimum atomic E-state index is 0.306. The van der Waals surface area contributed by atoms with Crippen LogP contribution in [0, 0.1) is 11.8 Å². The average Bonchev–Trinajstić information content (AvgIpc) is 3.17. The second kappa shape index (κ2) is 5.03. The number of rotatable bonds is 5. The maximum atomic E-state index is 6.27. The summed E-state index contributed by atoms with van der Waals surface area (Å²) in [6, 6.07) is 6.80. The molecule has 0 aliphatic heterocycles. The van der Waals surface area contributed by atoms with Gasteiger partial charge in [0, 0.05) is 22.1 Å². The van der Waals surface area contributed by atoms with Crippen molar-refractivity contribution in [2.45, 2.75) is 44.7 Å². The molecule has 1 N–H and O–H groups in total. The lowest BCUT2D eigenvalue weighted by molar-refractivity contribution is 0.377. The highest BCUT2D eigenvalue weighted by molar-refractivity contribution is 6.35. The zero-order valence-corrected chi connectivity index (χ0v) is 12.1. The normalized spacial score (nSPS) is 21.3. The van der Waals surface area contributed by atoms with Crippen molar-refractivity contribution in [3.05, 3.63) is 33.8 Å². The molecule has 1 atom stereocenters. The van der Waals surface area contributed by atoms with Gasteiger partial charge >= 0.3 is 0 Å². The van der Waals surface area contributed by atoms with Gasteiger partial charge in [-0.15, -0.1) is 0 Å². The third-order valence-corrected chi connectivity index (χ3v) is 4.69. The molecule has 3 rings (SSSR count). The van der Waals surface area contributed by atoms with Crippen LogP contribution >= 0.6 is 23.2 Å². The van der Waals surface area contributed by atoms with E-state index in [1.54, 1.807) is 0 Å². The molecule has 98 valence electrons. The van der Waals surface area contributed by atoms with Crippen LogP contribution in [-0.4, -0.2) is 6.04 Å². The lowest BCUT2D eigenvalue weighted by Gasteiger charge is -2.24. The van der Waals surface area contributed by atoms with E-state index in [1.165, 1.54) is 25.7 Å².